The topological polar surface area (TPSA) is 133 Å². The van der Waals surface area contributed by atoms with Gasteiger partial charge in [-0.1, -0.05) is 47.1 Å². The van der Waals surface area contributed by atoms with Gasteiger partial charge in [-0.15, -0.1) is 0 Å². The molecule has 1 unspecified atom stereocenters. The van der Waals surface area contributed by atoms with Crippen LogP contribution in [0.25, 0.3) is 11.3 Å². The summed E-state index contributed by atoms with van der Waals surface area (Å²) in [5.41, 5.74) is 5.51. The zero-order chi connectivity index (χ0) is 24.9. The van der Waals surface area contributed by atoms with Crippen molar-refractivity contribution >= 4 is 17.8 Å². The molecule has 0 radical (unpaired) electrons. The van der Waals surface area contributed by atoms with Crippen LogP contribution in [-0.4, -0.2) is 38.1 Å². The standard InChI is InChI=1S/C26H27N5O4/c1-15-10-16(2)23(17(3)11-15)24(32)30-21(25(33)34)12-18-4-6-19(7-5-18)22-13-20(31-35-22)14-29-26-27-8-9-28-26/h4-11,13,21H,12,14H2,1-3H3,(H,30,32)(H,33,34)(H2,27,28,29). The molecule has 9 nitrogen and oxygen atoms in total. The van der Waals surface area contributed by atoms with Crippen molar-refractivity contribution in [3.05, 3.63) is 88.4 Å². The van der Waals surface area contributed by atoms with Crippen LogP contribution in [0.1, 0.15) is 38.3 Å². The van der Waals surface area contributed by atoms with Crippen molar-refractivity contribution in [1.29, 1.82) is 0 Å². The van der Waals surface area contributed by atoms with Crippen LogP contribution in [0.5, 0.6) is 0 Å². The van der Waals surface area contributed by atoms with E-state index in [0.29, 0.717) is 23.8 Å². The van der Waals surface area contributed by atoms with Crippen LogP contribution < -0.4 is 10.6 Å². The lowest BCUT2D eigenvalue weighted by Crippen LogP contribution is -2.42. The number of carboxylic acids is 1. The van der Waals surface area contributed by atoms with Crippen molar-refractivity contribution in [3.63, 3.8) is 0 Å². The molecule has 4 aromatic rings. The Hall–Kier alpha value is -4.40. The van der Waals surface area contributed by atoms with Gasteiger partial charge in [-0.25, -0.2) is 9.78 Å². The highest BCUT2D eigenvalue weighted by atomic mass is 16.5. The number of aryl methyl sites for hydroxylation is 3. The molecule has 0 aliphatic carbocycles. The Morgan fingerprint density at radius 3 is 2.43 bits per heavy atom. The molecule has 1 amide bonds. The fourth-order valence-corrected chi connectivity index (χ4v) is 4.08. The highest BCUT2D eigenvalue weighted by Gasteiger charge is 2.23. The van der Waals surface area contributed by atoms with Gasteiger partial charge in [0.2, 0.25) is 0 Å². The first-order valence-corrected chi connectivity index (χ1v) is 11.2. The van der Waals surface area contributed by atoms with Crippen LogP contribution in [0.2, 0.25) is 0 Å². The minimum absolute atomic E-state index is 0.153. The van der Waals surface area contributed by atoms with Gasteiger partial charge in [0.05, 0.1) is 6.54 Å². The van der Waals surface area contributed by atoms with Gasteiger partial charge in [-0.3, -0.25) is 4.79 Å². The van der Waals surface area contributed by atoms with E-state index in [9.17, 15) is 14.7 Å². The van der Waals surface area contributed by atoms with Crippen LogP contribution in [0.3, 0.4) is 0 Å². The number of aliphatic carboxylic acids is 1. The number of imidazole rings is 1. The monoisotopic (exact) mass is 473 g/mol. The number of aromatic amines is 1. The summed E-state index contributed by atoms with van der Waals surface area (Å²) in [7, 11) is 0. The van der Waals surface area contributed by atoms with Gasteiger partial charge in [-0.05, 0) is 37.5 Å². The summed E-state index contributed by atoms with van der Waals surface area (Å²) in [6.45, 7) is 6.12. The van der Waals surface area contributed by atoms with Crippen molar-refractivity contribution in [1.82, 2.24) is 20.4 Å². The van der Waals surface area contributed by atoms with E-state index in [0.717, 1.165) is 33.5 Å². The molecule has 0 bridgehead atoms. The number of carboxylic acid groups (broad SMARTS) is 1. The number of nitrogens with one attached hydrogen (secondary N) is 3. The number of hydrogen-bond acceptors (Lipinski definition) is 6. The second-order valence-electron chi connectivity index (χ2n) is 8.51. The van der Waals surface area contributed by atoms with Crippen molar-refractivity contribution < 1.29 is 19.2 Å². The van der Waals surface area contributed by atoms with E-state index < -0.39 is 12.0 Å². The molecule has 180 valence electrons. The minimum Gasteiger partial charge on any atom is -0.480 e. The number of hydrogen-bond donors (Lipinski definition) is 4. The minimum atomic E-state index is -1.09. The highest BCUT2D eigenvalue weighted by Crippen LogP contribution is 2.22. The Balaban J connectivity index is 1.41. The summed E-state index contributed by atoms with van der Waals surface area (Å²) >= 11 is 0. The van der Waals surface area contributed by atoms with Crippen LogP contribution >= 0.6 is 0 Å². The summed E-state index contributed by atoms with van der Waals surface area (Å²) in [6.07, 6.45) is 3.53. The van der Waals surface area contributed by atoms with Gasteiger partial charge in [0.1, 0.15) is 11.7 Å². The van der Waals surface area contributed by atoms with Crippen molar-refractivity contribution in [2.75, 3.05) is 5.32 Å². The first-order valence-electron chi connectivity index (χ1n) is 11.2. The largest absolute Gasteiger partial charge is 0.480 e. The Morgan fingerprint density at radius 2 is 1.80 bits per heavy atom. The maximum absolute atomic E-state index is 12.9. The van der Waals surface area contributed by atoms with Crippen LogP contribution in [-0.2, 0) is 17.8 Å². The fourth-order valence-electron chi connectivity index (χ4n) is 4.08. The molecule has 2 aromatic heterocycles. The molecule has 1 atom stereocenters. The van der Waals surface area contributed by atoms with E-state index >= 15 is 0 Å². The third-order valence-electron chi connectivity index (χ3n) is 5.68. The Morgan fingerprint density at radius 1 is 1.09 bits per heavy atom. The van der Waals surface area contributed by atoms with E-state index in [2.05, 4.69) is 25.8 Å². The first kappa shape index (κ1) is 23.7. The number of carbonyl (C=O) groups is 2. The van der Waals surface area contributed by atoms with Gasteiger partial charge in [0, 0.05) is 36.0 Å². The van der Waals surface area contributed by atoms with E-state index in [1.165, 1.54) is 0 Å². The van der Waals surface area contributed by atoms with E-state index in [1.807, 2.05) is 63.2 Å². The lowest BCUT2D eigenvalue weighted by atomic mass is 9.98. The smallest absolute Gasteiger partial charge is 0.326 e. The van der Waals surface area contributed by atoms with Gasteiger partial charge < -0.3 is 25.2 Å². The molecule has 0 fully saturated rings. The molecule has 2 aromatic carbocycles. The molecule has 0 saturated heterocycles. The Labute approximate surface area is 202 Å². The second-order valence-corrected chi connectivity index (χ2v) is 8.51. The number of H-pyrrole nitrogens is 1. The molecule has 4 rings (SSSR count). The Bertz CT molecular complexity index is 1300. The molecule has 0 spiro atoms. The SMILES string of the molecule is Cc1cc(C)c(C(=O)NC(Cc2ccc(-c3cc(CNc4ncc[nH]4)no3)cc2)C(=O)O)c(C)c1. The number of benzene rings is 2. The number of nitrogens with zero attached hydrogens (tertiary/aromatic N) is 2. The molecular formula is C26H27N5O4. The predicted octanol–water partition coefficient (Wildman–Crippen LogP) is 4.03. The summed E-state index contributed by atoms with van der Waals surface area (Å²) in [5, 5.41) is 19.6. The summed E-state index contributed by atoms with van der Waals surface area (Å²) in [6, 6.07) is 11.9. The maximum Gasteiger partial charge on any atom is 0.326 e. The van der Waals surface area contributed by atoms with Crippen molar-refractivity contribution in [3.8, 4) is 11.3 Å². The third kappa shape index (κ3) is 5.75. The number of anilines is 1. The average molecular weight is 474 g/mol. The lowest BCUT2D eigenvalue weighted by molar-refractivity contribution is -0.139. The van der Waals surface area contributed by atoms with Gasteiger partial charge in [0.25, 0.3) is 5.91 Å². The van der Waals surface area contributed by atoms with E-state index in [-0.39, 0.29) is 12.3 Å². The van der Waals surface area contributed by atoms with Gasteiger partial charge in [-0.2, -0.15) is 0 Å². The number of aromatic nitrogens is 3. The molecule has 35 heavy (non-hydrogen) atoms. The molecule has 0 aliphatic heterocycles. The quantitative estimate of drug-likeness (QED) is 0.288. The first-order chi connectivity index (χ1) is 16.8. The zero-order valence-corrected chi connectivity index (χ0v) is 19.8. The third-order valence-corrected chi connectivity index (χ3v) is 5.68. The molecule has 0 aliphatic rings. The normalized spacial score (nSPS) is 11.7. The van der Waals surface area contributed by atoms with E-state index in [4.69, 9.17) is 4.52 Å². The fraction of sp³-hybridized carbons (Fsp3) is 0.231. The lowest BCUT2D eigenvalue weighted by Gasteiger charge is -2.17. The van der Waals surface area contributed by atoms with E-state index in [1.54, 1.807) is 12.4 Å². The number of rotatable bonds is 9. The van der Waals surface area contributed by atoms with Crippen molar-refractivity contribution in [2.24, 2.45) is 0 Å². The molecule has 4 N–H and O–H groups in total. The van der Waals surface area contributed by atoms with Crippen LogP contribution in [0.4, 0.5) is 5.95 Å². The predicted molar refractivity (Wildman–Crippen MR) is 131 cm³/mol. The molecule has 9 heteroatoms. The van der Waals surface area contributed by atoms with Gasteiger partial charge >= 0.3 is 5.97 Å². The average Bonchev–Trinajstić information content (AvgIpc) is 3.49. The number of amides is 1. The Kier molecular flexibility index (Phi) is 6.96. The van der Waals surface area contributed by atoms with Crippen molar-refractivity contribution in [2.45, 2.75) is 39.8 Å². The highest BCUT2D eigenvalue weighted by molar-refractivity contribution is 5.99. The van der Waals surface area contributed by atoms with Crippen LogP contribution in [0, 0.1) is 20.8 Å². The molecular weight excluding hydrogens is 446 g/mol. The molecule has 2 heterocycles. The zero-order valence-electron chi connectivity index (χ0n) is 19.8. The van der Waals surface area contributed by atoms with Crippen LogP contribution in [0.15, 0.2) is 59.4 Å². The summed E-state index contributed by atoms with van der Waals surface area (Å²) in [5.74, 6) is -0.233. The molecule has 0 saturated carbocycles. The maximum atomic E-state index is 12.9. The summed E-state index contributed by atoms with van der Waals surface area (Å²) < 4.78 is 5.44. The summed E-state index contributed by atoms with van der Waals surface area (Å²) in [4.78, 5) is 31.8. The number of carbonyl (C=O) groups excluding carboxylic acids is 1. The second kappa shape index (κ2) is 10.3. The van der Waals surface area contributed by atoms with Gasteiger partial charge in [0.15, 0.2) is 11.7 Å².